The summed E-state index contributed by atoms with van der Waals surface area (Å²) >= 11 is 0.947. The first-order chi connectivity index (χ1) is 15.1. The third-order valence-corrected chi connectivity index (χ3v) is 6.50. The van der Waals surface area contributed by atoms with Crippen LogP contribution >= 0.6 is 11.8 Å². The van der Waals surface area contributed by atoms with Gasteiger partial charge in [0, 0.05) is 11.6 Å². The first-order valence-corrected chi connectivity index (χ1v) is 11.2. The normalized spacial score (nSPS) is 17.6. The van der Waals surface area contributed by atoms with E-state index in [2.05, 4.69) is 0 Å². The maximum Gasteiger partial charge on any atom is 0.416 e. The van der Waals surface area contributed by atoms with Gasteiger partial charge in [-0.1, -0.05) is 36.0 Å². The number of carbonyl (C=O) groups is 3. The van der Waals surface area contributed by atoms with Gasteiger partial charge in [-0.15, -0.1) is 0 Å². The molecule has 168 valence electrons. The molecule has 1 heterocycles. The van der Waals surface area contributed by atoms with E-state index in [1.807, 2.05) is 0 Å². The summed E-state index contributed by atoms with van der Waals surface area (Å²) in [5.41, 5.74) is 0.689. The number of thioether (sulfide) groups is 1. The molecule has 1 aliphatic carbocycles. The minimum atomic E-state index is -4.46. The second-order valence-electron chi connectivity index (χ2n) is 7.98. The summed E-state index contributed by atoms with van der Waals surface area (Å²) in [4.78, 5) is 39.9. The van der Waals surface area contributed by atoms with E-state index < -0.39 is 17.8 Å². The molecule has 2 aromatic rings. The van der Waals surface area contributed by atoms with E-state index in [1.165, 1.54) is 6.07 Å². The van der Waals surface area contributed by atoms with Crippen LogP contribution in [0.2, 0.25) is 0 Å². The smallest absolute Gasteiger partial charge is 0.329 e. The van der Waals surface area contributed by atoms with E-state index in [1.54, 1.807) is 42.2 Å². The first kappa shape index (κ1) is 22.4. The lowest BCUT2D eigenvalue weighted by atomic mass is 10.0. The molecule has 1 unspecified atom stereocenters. The van der Waals surface area contributed by atoms with Gasteiger partial charge in [0.1, 0.15) is 0 Å². The molecule has 0 radical (unpaired) electrons. The first-order valence-electron chi connectivity index (χ1n) is 10.2. The Balaban J connectivity index is 1.58. The van der Waals surface area contributed by atoms with Gasteiger partial charge in [0.15, 0.2) is 0 Å². The lowest BCUT2D eigenvalue weighted by Gasteiger charge is -2.30. The Hall–Kier alpha value is -2.81. The number of carbonyl (C=O) groups excluding carboxylic acids is 3. The fourth-order valence-electron chi connectivity index (χ4n) is 3.81. The van der Waals surface area contributed by atoms with E-state index in [4.69, 9.17) is 0 Å². The molecule has 1 atom stereocenters. The van der Waals surface area contributed by atoms with Crippen LogP contribution in [-0.4, -0.2) is 38.6 Å². The Morgan fingerprint density at radius 1 is 1.16 bits per heavy atom. The van der Waals surface area contributed by atoms with Gasteiger partial charge in [-0.25, -0.2) is 0 Å². The summed E-state index contributed by atoms with van der Waals surface area (Å²) in [5, 5.41) is -0.315. The number of hydrogen-bond acceptors (Lipinski definition) is 4. The Bertz CT molecular complexity index is 1050. The number of rotatable bonds is 6. The minimum absolute atomic E-state index is 0.0335. The molecule has 0 spiro atoms. The zero-order valence-electron chi connectivity index (χ0n) is 17.3. The van der Waals surface area contributed by atoms with Crippen LogP contribution in [0.25, 0.3) is 0 Å². The maximum absolute atomic E-state index is 13.4. The van der Waals surface area contributed by atoms with Crippen LogP contribution in [-0.2, 0) is 17.5 Å². The fraction of sp³-hybridized carbons (Fsp3) is 0.348. The van der Waals surface area contributed by atoms with Gasteiger partial charge in [0.2, 0.25) is 5.91 Å². The molecule has 1 saturated carbocycles. The highest BCUT2D eigenvalue weighted by Crippen LogP contribution is 2.37. The van der Waals surface area contributed by atoms with Gasteiger partial charge in [0.05, 0.1) is 23.9 Å². The van der Waals surface area contributed by atoms with Crippen LogP contribution in [0, 0.1) is 0 Å². The van der Waals surface area contributed by atoms with Crippen molar-refractivity contribution in [1.82, 2.24) is 9.80 Å². The standard InChI is InChI=1S/C23H21F3N2O3S/c1-14(16-5-3-7-18(11-16)23(24,25)26)28(19-8-9-19)21(30)17-6-2-4-15(10-17)12-27-20(29)13-32-22(27)31/h2-7,10-11,14,19H,8-9,12-13H2,1H3. The Labute approximate surface area is 187 Å². The molecular formula is C23H21F3N2O3S. The number of imide groups is 1. The van der Waals surface area contributed by atoms with Crippen molar-refractivity contribution in [3.8, 4) is 0 Å². The maximum atomic E-state index is 13.4. The number of amides is 3. The molecule has 2 aliphatic rings. The number of hydrogen-bond donors (Lipinski definition) is 0. The van der Waals surface area contributed by atoms with Crippen LogP contribution in [0.5, 0.6) is 0 Å². The summed E-state index contributed by atoms with van der Waals surface area (Å²) in [7, 11) is 0. The monoisotopic (exact) mass is 462 g/mol. The van der Waals surface area contributed by atoms with Crippen molar-refractivity contribution in [3.05, 3.63) is 70.8 Å². The van der Waals surface area contributed by atoms with Gasteiger partial charge in [-0.3, -0.25) is 19.3 Å². The predicted octanol–water partition coefficient (Wildman–Crippen LogP) is 5.27. The highest BCUT2D eigenvalue weighted by molar-refractivity contribution is 8.14. The molecule has 9 heteroatoms. The summed E-state index contributed by atoms with van der Waals surface area (Å²) < 4.78 is 39.5. The summed E-state index contributed by atoms with van der Waals surface area (Å²) in [5.74, 6) is -0.441. The van der Waals surface area contributed by atoms with Crippen LogP contribution in [0.4, 0.5) is 18.0 Å². The van der Waals surface area contributed by atoms with Crippen molar-refractivity contribution in [2.45, 2.75) is 44.6 Å². The molecule has 5 nitrogen and oxygen atoms in total. The lowest BCUT2D eigenvalue weighted by Crippen LogP contribution is -2.36. The zero-order chi connectivity index (χ0) is 23.0. The van der Waals surface area contributed by atoms with Gasteiger partial charge in [-0.05, 0) is 55.2 Å². The topological polar surface area (TPSA) is 57.7 Å². The van der Waals surface area contributed by atoms with Gasteiger partial charge >= 0.3 is 6.18 Å². The van der Waals surface area contributed by atoms with Gasteiger partial charge in [-0.2, -0.15) is 13.2 Å². The van der Waals surface area contributed by atoms with Gasteiger partial charge in [0.25, 0.3) is 11.1 Å². The number of benzene rings is 2. The average molecular weight is 462 g/mol. The van der Waals surface area contributed by atoms with Crippen molar-refractivity contribution in [2.24, 2.45) is 0 Å². The molecule has 2 fully saturated rings. The van der Waals surface area contributed by atoms with Crippen molar-refractivity contribution in [1.29, 1.82) is 0 Å². The third-order valence-electron chi connectivity index (χ3n) is 5.64. The Morgan fingerprint density at radius 2 is 1.88 bits per heavy atom. The Morgan fingerprint density at radius 3 is 2.50 bits per heavy atom. The molecule has 1 saturated heterocycles. The summed E-state index contributed by atoms with van der Waals surface area (Å²) in [6.07, 6.45) is -2.87. The SMILES string of the molecule is CC(c1cccc(C(F)(F)F)c1)N(C(=O)c1cccc(CN2C(=O)CSC2=O)c1)C1CC1. The number of alkyl halides is 3. The fourth-order valence-corrected chi connectivity index (χ4v) is 4.54. The van der Waals surface area contributed by atoms with Crippen molar-refractivity contribution in [2.75, 3.05) is 5.75 Å². The van der Waals surface area contributed by atoms with E-state index in [0.29, 0.717) is 16.7 Å². The van der Waals surface area contributed by atoms with Crippen LogP contribution in [0.15, 0.2) is 48.5 Å². The van der Waals surface area contributed by atoms with E-state index in [9.17, 15) is 27.6 Å². The molecule has 3 amide bonds. The zero-order valence-corrected chi connectivity index (χ0v) is 18.1. The molecule has 0 aromatic heterocycles. The van der Waals surface area contributed by atoms with Crippen LogP contribution in [0.3, 0.4) is 0 Å². The van der Waals surface area contributed by atoms with Crippen molar-refractivity contribution < 1.29 is 27.6 Å². The van der Waals surface area contributed by atoms with Gasteiger partial charge < -0.3 is 4.90 Å². The van der Waals surface area contributed by atoms with Crippen molar-refractivity contribution in [3.63, 3.8) is 0 Å². The predicted molar refractivity (Wildman–Crippen MR) is 114 cm³/mol. The summed E-state index contributed by atoms with van der Waals surface area (Å²) in [6, 6.07) is 11.2. The van der Waals surface area contributed by atoms with E-state index >= 15 is 0 Å². The largest absolute Gasteiger partial charge is 0.416 e. The van der Waals surface area contributed by atoms with E-state index in [-0.39, 0.29) is 35.4 Å². The van der Waals surface area contributed by atoms with Crippen LogP contribution in [0.1, 0.15) is 52.9 Å². The molecular weight excluding hydrogens is 441 g/mol. The number of halogens is 3. The Kier molecular flexibility index (Phi) is 6.03. The van der Waals surface area contributed by atoms with Crippen LogP contribution < -0.4 is 0 Å². The van der Waals surface area contributed by atoms with E-state index in [0.717, 1.165) is 41.6 Å². The number of nitrogens with zero attached hydrogens (tertiary/aromatic N) is 2. The molecule has 2 aromatic carbocycles. The molecule has 0 N–H and O–H groups in total. The summed E-state index contributed by atoms with van der Waals surface area (Å²) in [6.45, 7) is 1.81. The van der Waals surface area contributed by atoms with Crippen molar-refractivity contribution >= 4 is 28.8 Å². The molecule has 4 rings (SSSR count). The minimum Gasteiger partial charge on any atom is -0.329 e. The third kappa shape index (κ3) is 4.67. The highest BCUT2D eigenvalue weighted by atomic mass is 32.2. The second kappa shape index (κ2) is 8.61. The second-order valence-corrected chi connectivity index (χ2v) is 8.90. The quantitative estimate of drug-likeness (QED) is 0.587. The molecule has 0 bridgehead atoms. The lowest BCUT2D eigenvalue weighted by molar-refractivity contribution is -0.137. The highest BCUT2D eigenvalue weighted by Gasteiger charge is 2.38. The molecule has 32 heavy (non-hydrogen) atoms. The molecule has 1 aliphatic heterocycles. The average Bonchev–Trinajstić information content (AvgIpc) is 3.55.